The molecule has 3 aliphatic rings. The normalized spacial score (nSPS) is 28.3. The third-order valence-electron chi connectivity index (χ3n) is 6.68. The highest BCUT2D eigenvalue weighted by Crippen LogP contribution is 2.57. The molecule has 2 aromatic rings. The number of esters is 1. The second kappa shape index (κ2) is 7.13. The summed E-state index contributed by atoms with van der Waals surface area (Å²) in [5, 5.41) is 3.40. The van der Waals surface area contributed by atoms with Gasteiger partial charge in [-0.1, -0.05) is 29.8 Å². The summed E-state index contributed by atoms with van der Waals surface area (Å²) in [6.07, 6.45) is 1.64. The topological polar surface area (TPSA) is 75.7 Å². The first kappa shape index (κ1) is 19.1. The lowest BCUT2D eigenvalue weighted by Gasteiger charge is -2.23. The quantitative estimate of drug-likeness (QED) is 0.758. The minimum absolute atomic E-state index is 0.00199. The molecule has 1 heterocycles. The van der Waals surface area contributed by atoms with Crippen LogP contribution in [0.1, 0.15) is 23.2 Å². The van der Waals surface area contributed by atoms with Crippen LogP contribution in [-0.4, -0.2) is 30.9 Å². The smallest absolute Gasteiger partial charge is 0.310 e. The van der Waals surface area contributed by atoms with Crippen molar-refractivity contribution in [3.05, 3.63) is 59.1 Å². The fraction of sp³-hybridized carbons (Fsp3) is 0.348. The highest BCUT2D eigenvalue weighted by atomic mass is 35.5. The van der Waals surface area contributed by atoms with E-state index in [9.17, 15) is 14.4 Å². The van der Waals surface area contributed by atoms with Gasteiger partial charge in [-0.3, -0.25) is 14.4 Å². The van der Waals surface area contributed by atoms with E-state index in [2.05, 4.69) is 5.32 Å². The van der Waals surface area contributed by atoms with Crippen LogP contribution in [0, 0.1) is 23.7 Å². The number of anilines is 2. The number of fused-ring (bicyclic) bond motifs is 1. The van der Waals surface area contributed by atoms with Crippen molar-refractivity contribution < 1.29 is 19.1 Å². The first-order valence-electron chi connectivity index (χ1n) is 10.1. The molecule has 1 N–H and O–H groups in total. The number of hydrogen-bond acceptors (Lipinski definition) is 4. The first-order chi connectivity index (χ1) is 14.4. The molecule has 2 saturated carbocycles. The van der Waals surface area contributed by atoms with Gasteiger partial charge in [0.15, 0.2) is 0 Å². The van der Waals surface area contributed by atoms with E-state index in [-0.39, 0.29) is 47.6 Å². The lowest BCUT2D eigenvalue weighted by Crippen LogP contribution is -2.35. The molecule has 3 fully saturated rings. The summed E-state index contributed by atoms with van der Waals surface area (Å²) in [5.41, 5.74) is 1.57. The predicted molar refractivity (Wildman–Crippen MR) is 112 cm³/mol. The zero-order chi connectivity index (χ0) is 21.0. The van der Waals surface area contributed by atoms with Gasteiger partial charge < -0.3 is 15.0 Å². The first-order valence-corrected chi connectivity index (χ1v) is 10.5. The molecule has 1 saturated heterocycles. The van der Waals surface area contributed by atoms with Crippen LogP contribution in [0.4, 0.5) is 11.4 Å². The molecule has 7 heteroatoms. The summed E-state index contributed by atoms with van der Waals surface area (Å²) < 4.78 is 5.42. The summed E-state index contributed by atoms with van der Waals surface area (Å²) in [6, 6.07) is 13.9. The Hall–Kier alpha value is -2.86. The van der Waals surface area contributed by atoms with Crippen molar-refractivity contribution in [1.29, 1.82) is 0 Å². The standard InChI is InChI=1S/C23H21ClN2O4/c1-26(17-8-3-2-7-16(17)24)22(28)12-5-4-6-14(9-12)25-21(27)19-13-10-15-18(11-13)30-23(29)20(15)19/h2-9,13,15,18-20H,10-11H2,1H3,(H,25,27)/t13-,15+,18-,19+,20-/m1/s1. The molecule has 2 amide bonds. The maximum atomic E-state index is 13.0. The van der Waals surface area contributed by atoms with Gasteiger partial charge in [-0.25, -0.2) is 0 Å². The average molecular weight is 425 g/mol. The number of halogens is 1. The molecule has 2 aromatic carbocycles. The van der Waals surface area contributed by atoms with E-state index in [0.717, 1.165) is 12.8 Å². The molecule has 0 unspecified atom stereocenters. The Balaban J connectivity index is 1.33. The van der Waals surface area contributed by atoms with Gasteiger partial charge >= 0.3 is 5.97 Å². The Morgan fingerprint density at radius 2 is 1.93 bits per heavy atom. The van der Waals surface area contributed by atoms with Gasteiger partial charge in [0.2, 0.25) is 5.91 Å². The second-order valence-corrected chi connectivity index (χ2v) is 8.72. The highest BCUT2D eigenvalue weighted by molar-refractivity contribution is 6.34. The van der Waals surface area contributed by atoms with Crippen molar-refractivity contribution in [3.63, 3.8) is 0 Å². The second-order valence-electron chi connectivity index (χ2n) is 8.31. The van der Waals surface area contributed by atoms with Crippen LogP contribution in [0.5, 0.6) is 0 Å². The maximum Gasteiger partial charge on any atom is 0.310 e. The van der Waals surface area contributed by atoms with Gasteiger partial charge in [0.05, 0.1) is 22.5 Å². The number of rotatable bonds is 4. The van der Waals surface area contributed by atoms with E-state index in [0.29, 0.717) is 22.0 Å². The number of nitrogens with one attached hydrogen (secondary N) is 1. The number of carbonyl (C=O) groups excluding carboxylic acids is 3. The van der Waals surface area contributed by atoms with E-state index < -0.39 is 0 Å². The number of ether oxygens (including phenoxy) is 1. The lowest BCUT2D eigenvalue weighted by molar-refractivity contribution is -0.145. The van der Waals surface area contributed by atoms with Gasteiger partial charge in [-0.2, -0.15) is 0 Å². The molecule has 0 aromatic heterocycles. The van der Waals surface area contributed by atoms with Gasteiger partial charge in [-0.05, 0) is 49.1 Å². The third kappa shape index (κ3) is 2.98. The Morgan fingerprint density at radius 1 is 1.13 bits per heavy atom. The van der Waals surface area contributed by atoms with Crippen molar-refractivity contribution >= 4 is 40.8 Å². The molecule has 154 valence electrons. The van der Waals surface area contributed by atoms with Crippen LogP contribution in [0.15, 0.2) is 48.5 Å². The van der Waals surface area contributed by atoms with Crippen LogP contribution in [0.3, 0.4) is 0 Å². The largest absolute Gasteiger partial charge is 0.462 e. The van der Waals surface area contributed by atoms with E-state index in [1.54, 1.807) is 49.5 Å². The Bertz CT molecular complexity index is 1050. The Kier molecular flexibility index (Phi) is 4.54. The van der Waals surface area contributed by atoms with E-state index in [4.69, 9.17) is 16.3 Å². The molecule has 1 aliphatic heterocycles. The van der Waals surface area contributed by atoms with Crippen molar-refractivity contribution in [3.8, 4) is 0 Å². The van der Waals surface area contributed by atoms with Crippen molar-refractivity contribution in [2.75, 3.05) is 17.3 Å². The average Bonchev–Trinajstić information content (AvgIpc) is 3.36. The SMILES string of the molecule is CN(C(=O)c1cccc(NC(=O)[C@H]2[C@@H]3C[C@@H]4[C@H]2C(=O)O[C@@H]4C3)c1)c1ccccc1Cl. The van der Waals surface area contributed by atoms with Gasteiger partial charge in [-0.15, -0.1) is 0 Å². The molecular formula is C23H21ClN2O4. The molecule has 2 aliphatic carbocycles. The van der Waals surface area contributed by atoms with Gasteiger partial charge in [0, 0.05) is 24.2 Å². The molecular weight excluding hydrogens is 404 g/mol. The number of carbonyl (C=O) groups is 3. The van der Waals surface area contributed by atoms with Crippen molar-refractivity contribution in [2.45, 2.75) is 18.9 Å². The summed E-state index contributed by atoms with van der Waals surface area (Å²) in [6.45, 7) is 0. The van der Waals surface area contributed by atoms with Gasteiger partial charge in [0.1, 0.15) is 6.10 Å². The molecule has 5 rings (SSSR count). The fourth-order valence-corrected chi connectivity index (χ4v) is 5.61. The summed E-state index contributed by atoms with van der Waals surface area (Å²) in [5.74, 6) is -0.968. The summed E-state index contributed by atoms with van der Waals surface area (Å²) in [7, 11) is 1.66. The molecule has 0 radical (unpaired) electrons. The third-order valence-corrected chi connectivity index (χ3v) is 7.00. The lowest BCUT2D eigenvalue weighted by atomic mass is 9.79. The highest BCUT2D eigenvalue weighted by Gasteiger charge is 2.63. The molecule has 6 nitrogen and oxygen atoms in total. The van der Waals surface area contributed by atoms with Crippen LogP contribution < -0.4 is 10.2 Å². The van der Waals surface area contributed by atoms with Crippen molar-refractivity contribution in [1.82, 2.24) is 0 Å². The monoisotopic (exact) mass is 424 g/mol. The minimum Gasteiger partial charge on any atom is -0.462 e. The molecule has 2 bridgehead atoms. The maximum absolute atomic E-state index is 13.0. The number of amides is 2. The fourth-order valence-electron chi connectivity index (χ4n) is 5.35. The van der Waals surface area contributed by atoms with Crippen LogP contribution >= 0.6 is 11.6 Å². The minimum atomic E-state index is -0.355. The summed E-state index contributed by atoms with van der Waals surface area (Å²) in [4.78, 5) is 39.6. The predicted octanol–water partition coefficient (Wildman–Crippen LogP) is 3.75. The van der Waals surface area contributed by atoms with E-state index >= 15 is 0 Å². The zero-order valence-electron chi connectivity index (χ0n) is 16.4. The van der Waals surface area contributed by atoms with Crippen LogP contribution in [0.25, 0.3) is 0 Å². The number of nitrogens with zero attached hydrogens (tertiary/aromatic N) is 1. The van der Waals surface area contributed by atoms with E-state index in [1.807, 2.05) is 6.07 Å². The van der Waals surface area contributed by atoms with Crippen molar-refractivity contribution in [2.24, 2.45) is 23.7 Å². The Morgan fingerprint density at radius 3 is 2.73 bits per heavy atom. The number of hydrogen-bond donors (Lipinski definition) is 1. The van der Waals surface area contributed by atoms with E-state index in [1.165, 1.54) is 4.90 Å². The van der Waals surface area contributed by atoms with Crippen LogP contribution in [-0.2, 0) is 14.3 Å². The number of para-hydroxylation sites is 1. The Labute approximate surface area is 179 Å². The molecule has 30 heavy (non-hydrogen) atoms. The zero-order valence-corrected chi connectivity index (χ0v) is 17.1. The summed E-state index contributed by atoms with van der Waals surface area (Å²) >= 11 is 6.21. The molecule has 0 spiro atoms. The van der Waals surface area contributed by atoms with Crippen LogP contribution in [0.2, 0.25) is 5.02 Å². The number of benzene rings is 2. The van der Waals surface area contributed by atoms with Gasteiger partial charge in [0.25, 0.3) is 5.91 Å². The molecule has 5 atom stereocenters.